The Balaban J connectivity index is 2.01. The third-order valence-corrected chi connectivity index (χ3v) is 2.50. The maximum atomic E-state index is 5.49. The highest BCUT2D eigenvalue weighted by molar-refractivity contribution is 5.03. The summed E-state index contributed by atoms with van der Waals surface area (Å²) >= 11 is 0. The second-order valence-corrected chi connectivity index (χ2v) is 3.43. The van der Waals surface area contributed by atoms with Crippen LogP contribution in [-0.4, -0.2) is 36.7 Å². The van der Waals surface area contributed by atoms with Crippen molar-refractivity contribution in [1.82, 2.24) is 4.90 Å². The monoisotopic (exact) mass is 127 g/mol. The lowest BCUT2D eigenvalue weighted by Crippen LogP contribution is -2.35. The Morgan fingerprint density at radius 1 is 1.67 bits per heavy atom. The third-order valence-electron chi connectivity index (χ3n) is 2.50. The molecule has 2 saturated heterocycles. The van der Waals surface area contributed by atoms with Crippen LogP contribution in [0.15, 0.2) is 0 Å². The van der Waals surface area contributed by atoms with Crippen molar-refractivity contribution < 1.29 is 4.74 Å². The summed E-state index contributed by atoms with van der Waals surface area (Å²) in [5.41, 5.74) is 0.284. The van der Waals surface area contributed by atoms with Gasteiger partial charge in [0.2, 0.25) is 0 Å². The summed E-state index contributed by atoms with van der Waals surface area (Å²) in [5.74, 6) is 0. The van der Waals surface area contributed by atoms with Gasteiger partial charge in [-0.1, -0.05) is 0 Å². The molecule has 0 amide bonds. The molecule has 2 aliphatic rings. The molecule has 2 fully saturated rings. The second-order valence-electron chi connectivity index (χ2n) is 3.43. The minimum Gasteiger partial charge on any atom is -0.365 e. The molecular weight excluding hydrogens is 114 g/mol. The zero-order valence-corrected chi connectivity index (χ0v) is 6.05. The Labute approximate surface area is 55.8 Å². The van der Waals surface area contributed by atoms with Crippen molar-refractivity contribution in [2.24, 2.45) is 0 Å². The molecule has 0 N–H and O–H groups in total. The molecule has 0 bridgehead atoms. The average molecular weight is 127 g/mol. The van der Waals surface area contributed by atoms with Crippen LogP contribution in [0.1, 0.15) is 13.3 Å². The van der Waals surface area contributed by atoms with Gasteiger partial charge in [-0.05, 0) is 20.4 Å². The molecule has 52 valence electrons. The lowest BCUT2D eigenvalue weighted by Gasteiger charge is -2.21. The van der Waals surface area contributed by atoms with Crippen LogP contribution >= 0.6 is 0 Å². The van der Waals surface area contributed by atoms with Gasteiger partial charge in [-0.3, -0.25) is 0 Å². The van der Waals surface area contributed by atoms with E-state index in [1.807, 2.05) is 0 Å². The topological polar surface area (TPSA) is 15.8 Å². The van der Waals surface area contributed by atoms with Crippen LogP contribution in [-0.2, 0) is 4.74 Å². The minimum absolute atomic E-state index is 0.284. The number of nitrogens with zero attached hydrogens (tertiary/aromatic N) is 1. The van der Waals surface area contributed by atoms with E-state index in [0.29, 0.717) is 6.10 Å². The van der Waals surface area contributed by atoms with Gasteiger partial charge in [0, 0.05) is 13.1 Å². The Kier molecular flexibility index (Phi) is 0.945. The van der Waals surface area contributed by atoms with Crippen LogP contribution in [0.5, 0.6) is 0 Å². The van der Waals surface area contributed by atoms with Crippen LogP contribution in [0.3, 0.4) is 0 Å². The lowest BCUT2D eigenvalue weighted by molar-refractivity contribution is 0.274. The Hall–Kier alpha value is -0.0800. The maximum Gasteiger partial charge on any atom is 0.0997 e. The largest absolute Gasteiger partial charge is 0.365 e. The molecule has 2 heterocycles. The average Bonchev–Trinajstić information content (AvgIpc) is 2.41. The molecule has 9 heavy (non-hydrogen) atoms. The first-order valence-corrected chi connectivity index (χ1v) is 3.57. The van der Waals surface area contributed by atoms with E-state index < -0.39 is 0 Å². The molecule has 0 aromatic rings. The number of hydrogen-bond donors (Lipinski definition) is 0. The predicted octanol–water partition coefficient (Wildman–Crippen LogP) is 0.479. The standard InChI is InChI=1S/C7H13NO/c1-7-3-4-8(2)5-6(7)9-7/h6H,3-5H2,1-2H3/t6-,7+/m0/s1. The number of piperidine rings is 1. The smallest absolute Gasteiger partial charge is 0.0997 e. The van der Waals surface area contributed by atoms with E-state index >= 15 is 0 Å². The quantitative estimate of drug-likeness (QED) is 0.440. The van der Waals surface area contributed by atoms with E-state index in [1.165, 1.54) is 13.0 Å². The molecule has 0 saturated carbocycles. The fourth-order valence-corrected chi connectivity index (χ4v) is 1.53. The molecule has 2 heteroatoms. The van der Waals surface area contributed by atoms with E-state index in [-0.39, 0.29) is 5.60 Å². The van der Waals surface area contributed by atoms with Crippen molar-refractivity contribution in [2.75, 3.05) is 20.1 Å². The zero-order valence-electron chi connectivity index (χ0n) is 6.05. The summed E-state index contributed by atoms with van der Waals surface area (Å²) in [7, 11) is 2.15. The Morgan fingerprint density at radius 2 is 2.44 bits per heavy atom. The van der Waals surface area contributed by atoms with Crippen LogP contribution in [0.2, 0.25) is 0 Å². The SMILES string of the molecule is CN1CC[C@@]2(C)O[C@H]2C1. The van der Waals surface area contributed by atoms with E-state index in [4.69, 9.17) is 4.74 Å². The van der Waals surface area contributed by atoms with Gasteiger partial charge in [0.25, 0.3) is 0 Å². The normalized spacial score (nSPS) is 50.7. The molecular formula is C7H13NO. The molecule has 2 rings (SSSR count). The van der Waals surface area contributed by atoms with Crippen molar-refractivity contribution in [2.45, 2.75) is 25.0 Å². The predicted molar refractivity (Wildman–Crippen MR) is 35.4 cm³/mol. The summed E-state index contributed by atoms with van der Waals surface area (Å²) in [6, 6.07) is 0. The first-order chi connectivity index (χ1) is 4.21. The van der Waals surface area contributed by atoms with Crippen molar-refractivity contribution in [3.8, 4) is 0 Å². The number of fused-ring (bicyclic) bond motifs is 1. The van der Waals surface area contributed by atoms with Gasteiger partial charge in [-0.2, -0.15) is 0 Å². The van der Waals surface area contributed by atoms with Gasteiger partial charge in [-0.25, -0.2) is 0 Å². The highest BCUT2D eigenvalue weighted by Crippen LogP contribution is 2.42. The second kappa shape index (κ2) is 1.50. The maximum absolute atomic E-state index is 5.49. The van der Waals surface area contributed by atoms with Crippen molar-refractivity contribution in [3.05, 3.63) is 0 Å². The van der Waals surface area contributed by atoms with Gasteiger partial charge in [0.1, 0.15) is 0 Å². The fraction of sp³-hybridized carbons (Fsp3) is 1.00. The molecule has 2 atom stereocenters. The highest BCUT2D eigenvalue weighted by atomic mass is 16.6. The van der Waals surface area contributed by atoms with Crippen molar-refractivity contribution in [1.29, 1.82) is 0 Å². The molecule has 0 spiro atoms. The lowest BCUT2D eigenvalue weighted by atomic mass is 10.00. The van der Waals surface area contributed by atoms with Gasteiger partial charge in [-0.15, -0.1) is 0 Å². The van der Waals surface area contributed by atoms with E-state index in [0.717, 1.165) is 6.54 Å². The summed E-state index contributed by atoms with van der Waals surface area (Å²) in [4.78, 5) is 2.33. The van der Waals surface area contributed by atoms with Gasteiger partial charge in [0.05, 0.1) is 11.7 Å². The van der Waals surface area contributed by atoms with Gasteiger partial charge < -0.3 is 9.64 Å². The Morgan fingerprint density at radius 3 is 3.00 bits per heavy atom. The number of epoxide rings is 1. The first kappa shape index (κ1) is 5.69. The van der Waals surface area contributed by atoms with E-state index in [1.54, 1.807) is 0 Å². The molecule has 0 radical (unpaired) electrons. The number of hydrogen-bond acceptors (Lipinski definition) is 2. The molecule has 0 aliphatic carbocycles. The minimum atomic E-state index is 0.284. The number of likely N-dealkylation sites (N-methyl/N-ethyl adjacent to an activating group) is 1. The van der Waals surface area contributed by atoms with Crippen LogP contribution in [0.4, 0.5) is 0 Å². The number of rotatable bonds is 0. The zero-order chi connectivity index (χ0) is 6.48. The summed E-state index contributed by atoms with van der Waals surface area (Å²) in [5, 5.41) is 0. The summed E-state index contributed by atoms with van der Waals surface area (Å²) in [6.45, 7) is 4.55. The number of ether oxygens (including phenoxy) is 1. The first-order valence-electron chi connectivity index (χ1n) is 3.57. The van der Waals surface area contributed by atoms with Crippen LogP contribution in [0.25, 0.3) is 0 Å². The Bertz CT molecular complexity index is 137. The van der Waals surface area contributed by atoms with E-state index in [9.17, 15) is 0 Å². The fourth-order valence-electron chi connectivity index (χ4n) is 1.53. The molecule has 2 nitrogen and oxygen atoms in total. The third kappa shape index (κ3) is 0.775. The highest BCUT2D eigenvalue weighted by Gasteiger charge is 2.54. The molecule has 0 aromatic carbocycles. The van der Waals surface area contributed by atoms with Crippen molar-refractivity contribution in [3.63, 3.8) is 0 Å². The van der Waals surface area contributed by atoms with E-state index in [2.05, 4.69) is 18.9 Å². The molecule has 0 aromatic heterocycles. The van der Waals surface area contributed by atoms with Crippen molar-refractivity contribution >= 4 is 0 Å². The van der Waals surface area contributed by atoms with Crippen LogP contribution in [0, 0.1) is 0 Å². The van der Waals surface area contributed by atoms with Gasteiger partial charge in [0.15, 0.2) is 0 Å². The number of likely N-dealkylation sites (tertiary alicyclic amines) is 1. The van der Waals surface area contributed by atoms with Crippen LogP contribution < -0.4 is 0 Å². The van der Waals surface area contributed by atoms with Gasteiger partial charge >= 0.3 is 0 Å². The summed E-state index contributed by atoms with van der Waals surface area (Å²) in [6.07, 6.45) is 1.77. The molecule has 2 aliphatic heterocycles. The summed E-state index contributed by atoms with van der Waals surface area (Å²) < 4.78 is 5.49. The molecule has 0 unspecified atom stereocenters.